The van der Waals surface area contributed by atoms with Crippen LogP contribution in [-0.4, -0.2) is 18.0 Å². The number of nitrogens with zero attached hydrogens (tertiary/aromatic N) is 1. The molecule has 15 heavy (non-hydrogen) atoms. The third-order valence-corrected chi connectivity index (χ3v) is 4.12. The molecule has 0 aromatic carbocycles. The molecule has 2 rings (SSSR count). The van der Waals surface area contributed by atoms with Crippen molar-refractivity contribution in [2.24, 2.45) is 11.3 Å². The molecule has 0 bridgehead atoms. The molecule has 0 aromatic heterocycles. The van der Waals surface area contributed by atoms with Gasteiger partial charge in [0.25, 0.3) is 0 Å². The van der Waals surface area contributed by atoms with Crippen LogP contribution in [0.5, 0.6) is 0 Å². The minimum atomic E-state index is 0.493. The molecule has 1 fully saturated rings. The lowest BCUT2D eigenvalue weighted by atomic mass is 9.74. The van der Waals surface area contributed by atoms with E-state index in [1.807, 2.05) is 0 Å². The van der Waals surface area contributed by atoms with Crippen LogP contribution in [0, 0.1) is 11.3 Å². The number of rotatable bonds is 1. The van der Waals surface area contributed by atoms with Gasteiger partial charge in [-0.15, -0.1) is 0 Å². The summed E-state index contributed by atoms with van der Waals surface area (Å²) in [6.07, 6.45) is 9.34. The third-order valence-electron chi connectivity index (χ3n) is 4.12. The quantitative estimate of drug-likeness (QED) is 0.632. The molecule has 1 saturated heterocycles. The predicted octanol–water partition coefficient (Wildman–Crippen LogP) is 3.81. The lowest BCUT2D eigenvalue weighted by Gasteiger charge is -2.35. The Morgan fingerprint density at radius 2 is 1.87 bits per heavy atom. The van der Waals surface area contributed by atoms with Crippen LogP contribution in [0.3, 0.4) is 0 Å². The zero-order chi connectivity index (χ0) is 10.9. The minimum absolute atomic E-state index is 0.493. The Labute approximate surface area is 94.5 Å². The maximum absolute atomic E-state index is 2.61. The van der Waals surface area contributed by atoms with Crippen LogP contribution < -0.4 is 0 Å². The number of hydrogen-bond acceptors (Lipinski definition) is 1. The van der Waals surface area contributed by atoms with Crippen LogP contribution >= 0.6 is 0 Å². The summed E-state index contributed by atoms with van der Waals surface area (Å²) in [6, 6.07) is 0. The van der Waals surface area contributed by atoms with Gasteiger partial charge in [-0.05, 0) is 43.4 Å². The second-order valence-corrected chi connectivity index (χ2v) is 6.23. The van der Waals surface area contributed by atoms with Crippen molar-refractivity contribution in [2.75, 3.05) is 13.1 Å². The smallest absolute Gasteiger partial charge is 0.0175 e. The molecule has 1 heterocycles. The Hall–Kier alpha value is -0.460. The van der Waals surface area contributed by atoms with Crippen molar-refractivity contribution in [1.29, 1.82) is 0 Å². The molecular weight excluding hydrogens is 182 g/mol. The van der Waals surface area contributed by atoms with Crippen LogP contribution in [0.2, 0.25) is 0 Å². The molecule has 0 unspecified atom stereocenters. The van der Waals surface area contributed by atoms with Crippen LogP contribution in [0.1, 0.15) is 52.9 Å². The molecule has 0 N–H and O–H groups in total. The number of likely N-dealkylation sites (tertiary alicyclic amines) is 1. The first-order chi connectivity index (χ1) is 7.07. The van der Waals surface area contributed by atoms with E-state index in [-0.39, 0.29) is 0 Å². The van der Waals surface area contributed by atoms with E-state index in [0.717, 1.165) is 5.92 Å². The standard InChI is InChI=1S/C14H25N/c1-14(2,3)12-6-8-13(9-7-12)15-10-4-5-11-15/h8,12H,4-7,9-11H2,1-3H3/t12-/m0/s1. The molecule has 86 valence electrons. The lowest BCUT2D eigenvalue weighted by Crippen LogP contribution is -2.26. The minimum Gasteiger partial charge on any atom is -0.375 e. The summed E-state index contributed by atoms with van der Waals surface area (Å²) in [4.78, 5) is 2.61. The Balaban J connectivity index is 1.94. The van der Waals surface area contributed by atoms with E-state index in [1.54, 1.807) is 5.70 Å². The van der Waals surface area contributed by atoms with Gasteiger partial charge in [0.05, 0.1) is 0 Å². The molecule has 0 amide bonds. The topological polar surface area (TPSA) is 3.24 Å². The monoisotopic (exact) mass is 207 g/mol. The largest absolute Gasteiger partial charge is 0.375 e. The van der Waals surface area contributed by atoms with Crippen molar-refractivity contribution in [1.82, 2.24) is 4.90 Å². The van der Waals surface area contributed by atoms with E-state index in [1.165, 1.54) is 45.2 Å². The molecule has 1 aliphatic carbocycles. The van der Waals surface area contributed by atoms with Gasteiger partial charge in [0.1, 0.15) is 0 Å². The average Bonchev–Trinajstić information content (AvgIpc) is 2.69. The van der Waals surface area contributed by atoms with Crippen molar-refractivity contribution in [3.05, 3.63) is 11.8 Å². The molecule has 0 saturated carbocycles. The average molecular weight is 207 g/mol. The lowest BCUT2D eigenvalue weighted by molar-refractivity contribution is 0.210. The van der Waals surface area contributed by atoms with E-state index in [4.69, 9.17) is 0 Å². The SMILES string of the molecule is CC(C)(C)[C@H]1CC=C(N2CCCC2)CC1. The number of allylic oxidation sites excluding steroid dienone is 2. The molecule has 1 aliphatic heterocycles. The highest BCUT2D eigenvalue weighted by Crippen LogP contribution is 2.38. The van der Waals surface area contributed by atoms with Gasteiger partial charge in [-0.25, -0.2) is 0 Å². The van der Waals surface area contributed by atoms with Gasteiger partial charge in [0, 0.05) is 18.8 Å². The molecule has 0 aromatic rings. The first-order valence-electron chi connectivity index (χ1n) is 6.51. The summed E-state index contributed by atoms with van der Waals surface area (Å²) in [6.45, 7) is 9.77. The molecule has 0 spiro atoms. The first kappa shape index (κ1) is 11.0. The summed E-state index contributed by atoms with van der Waals surface area (Å²) < 4.78 is 0. The first-order valence-corrected chi connectivity index (χ1v) is 6.51. The van der Waals surface area contributed by atoms with Crippen molar-refractivity contribution in [2.45, 2.75) is 52.9 Å². The highest BCUT2D eigenvalue weighted by atomic mass is 15.1. The van der Waals surface area contributed by atoms with Crippen molar-refractivity contribution >= 4 is 0 Å². The summed E-state index contributed by atoms with van der Waals surface area (Å²) in [5.41, 5.74) is 2.14. The summed E-state index contributed by atoms with van der Waals surface area (Å²) in [5, 5.41) is 0. The zero-order valence-electron chi connectivity index (χ0n) is 10.6. The van der Waals surface area contributed by atoms with Crippen LogP contribution in [0.15, 0.2) is 11.8 Å². The Morgan fingerprint density at radius 3 is 2.33 bits per heavy atom. The highest BCUT2D eigenvalue weighted by molar-refractivity contribution is 5.08. The van der Waals surface area contributed by atoms with Crippen LogP contribution in [0.25, 0.3) is 0 Å². The van der Waals surface area contributed by atoms with E-state index in [0.29, 0.717) is 5.41 Å². The van der Waals surface area contributed by atoms with Gasteiger partial charge in [-0.2, -0.15) is 0 Å². The molecule has 1 heteroatoms. The van der Waals surface area contributed by atoms with Crippen LogP contribution in [-0.2, 0) is 0 Å². The molecular formula is C14H25N. The van der Waals surface area contributed by atoms with Crippen molar-refractivity contribution < 1.29 is 0 Å². The second kappa shape index (κ2) is 4.19. The van der Waals surface area contributed by atoms with Gasteiger partial charge < -0.3 is 4.90 Å². The normalized spacial score (nSPS) is 28.1. The Bertz CT molecular complexity index is 241. The van der Waals surface area contributed by atoms with E-state index < -0.39 is 0 Å². The molecule has 1 nitrogen and oxygen atoms in total. The summed E-state index contributed by atoms with van der Waals surface area (Å²) >= 11 is 0. The maximum atomic E-state index is 2.61. The summed E-state index contributed by atoms with van der Waals surface area (Å²) in [5.74, 6) is 0.892. The molecule has 0 radical (unpaired) electrons. The fourth-order valence-corrected chi connectivity index (χ4v) is 2.90. The molecule has 1 atom stereocenters. The van der Waals surface area contributed by atoms with E-state index in [9.17, 15) is 0 Å². The van der Waals surface area contributed by atoms with Crippen molar-refractivity contribution in [3.63, 3.8) is 0 Å². The molecule has 2 aliphatic rings. The highest BCUT2D eigenvalue weighted by Gasteiger charge is 2.27. The van der Waals surface area contributed by atoms with Gasteiger partial charge in [0.15, 0.2) is 0 Å². The van der Waals surface area contributed by atoms with Crippen LogP contribution in [0.4, 0.5) is 0 Å². The van der Waals surface area contributed by atoms with E-state index in [2.05, 4.69) is 31.7 Å². The van der Waals surface area contributed by atoms with E-state index >= 15 is 0 Å². The van der Waals surface area contributed by atoms with Gasteiger partial charge in [0.2, 0.25) is 0 Å². The fourth-order valence-electron chi connectivity index (χ4n) is 2.90. The third kappa shape index (κ3) is 2.56. The van der Waals surface area contributed by atoms with Crippen molar-refractivity contribution in [3.8, 4) is 0 Å². The van der Waals surface area contributed by atoms with Gasteiger partial charge in [-0.1, -0.05) is 26.8 Å². The summed E-state index contributed by atoms with van der Waals surface area (Å²) in [7, 11) is 0. The predicted molar refractivity (Wildman–Crippen MR) is 65.7 cm³/mol. The Kier molecular flexibility index (Phi) is 3.08. The Morgan fingerprint density at radius 1 is 1.20 bits per heavy atom. The zero-order valence-corrected chi connectivity index (χ0v) is 10.6. The van der Waals surface area contributed by atoms with Gasteiger partial charge in [-0.3, -0.25) is 0 Å². The fraction of sp³-hybridized carbons (Fsp3) is 0.857. The van der Waals surface area contributed by atoms with Gasteiger partial charge >= 0.3 is 0 Å². The number of hydrogen-bond donors (Lipinski definition) is 0. The second-order valence-electron chi connectivity index (χ2n) is 6.23. The maximum Gasteiger partial charge on any atom is 0.0175 e.